The van der Waals surface area contributed by atoms with E-state index in [9.17, 15) is 19.7 Å². The summed E-state index contributed by atoms with van der Waals surface area (Å²) in [5, 5.41) is 18.7. The molecule has 4 aromatic rings. The van der Waals surface area contributed by atoms with Crippen LogP contribution in [0.3, 0.4) is 0 Å². The van der Waals surface area contributed by atoms with Crippen molar-refractivity contribution in [2.24, 2.45) is 0 Å². The Morgan fingerprint density at radius 2 is 1.74 bits per heavy atom. The van der Waals surface area contributed by atoms with Crippen LogP contribution in [0.1, 0.15) is 22.8 Å². The molecule has 0 bridgehead atoms. The van der Waals surface area contributed by atoms with E-state index in [1.165, 1.54) is 12.1 Å². The van der Waals surface area contributed by atoms with Crippen LogP contribution in [0.25, 0.3) is 22.2 Å². The summed E-state index contributed by atoms with van der Waals surface area (Å²) in [5.41, 5.74) is 0.814. The monoisotopic (exact) mass is 359 g/mol. The summed E-state index contributed by atoms with van der Waals surface area (Å²) in [6, 6.07) is 9.53. The molecular formula is C18H10FN7O. The van der Waals surface area contributed by atoms with Crippen molar-refractivity contribution in [3.8, 4) is 12.1 Å². The van der Waals surface area contributed by atoms with Gasteiger partial charge in [0.1, 0.15) is 34.7 Å². The number of benzene rings is 1. The van der Waals surface area contributed by atoms with E-state index in [0.29, 0.717) is 11.5 Å². The molecule has 0 spiro atoms. The lowest BCUT2D eigenvalue weighted by molar-refractivity contribution is 0.626. The molecule has 130 valence electrons. The van der Waals surface area contributed by atoms with Gasteiger partial charge in [-0.3, -0.25) is 4.79 Å². The number of hydrogen-bond acceptors (Lipinski definition) is 6. The van der Waals surface area contributed by atoms with Crippen LogP contribution in [-0.2, 0) is 6.54 Å². The van der Waals surface area contributed by atoms with Crippen molar-refractivity contribution in [1.29, 1.82) is 10.5 Å². The maximum Gasteiger partial charge on any atom is 0.262 e. The van der Waals surface area contributed by atoms with Gasteiger partial charge in [-0.2, -0.15) is 10.5 Å². The minimum atomic E-state index is -0.414. The van der Waals surface area contributed by atoms with Crippen molar-refractivity contribution in [3.63, 3.8) is 0 Å². The summed E-state index contributed by atoms with van der Waals surface area (Å²) < 4.78 is 14.8. The fourth-order valence-corrected chi connectivity index (χ4v) is 2.94. The number of halogens is 1. The molecule has 8 nitrogen and oxygen atoms in total. The summed E-state index contributed by atoms with van der Waals surface area (Å²) in [6.45, 7) is 1.88. The van der Waals surface area contributed by atoms with Crippen LogP contribution >= 0.6 is 0 Å². The molecule has 0 saturated heterocycles. The minimum absolute atomic E-state index is 0.138. The van der Waals surface area contributed by atoms with E-state index >= 15 is 0 Å². The summed E-state index contributed by atoms with van der Waals surface area (Å²) >= 11 is 0. The van der Waals surface area contributed by atoms with Crippen molar-refractivity contribution >= 4 is 22.2 Å². The largest absolute Gasteiger partial charge is 0.310 e. The lowest BCUT2D eigenvalue weighted by atomic mass is 10.2. The normalized spacial score (nSPS) is 10.8. The summed E-state index contributed by atoms with van der Waals surface area (Å²) in [4.78, 5) is 27.9. The first-order valence-electron chi connectivity index (χ1n) is 7.87. The summed E-state index contributed by atoms with van der Waals surface area (Å²) in [6.07, 6.45) is 0. The molecule has 0 radical (unpaired) electrons. The molecule has 0 aliphatic heterocycles. The van der Waals surface area contributed by atoms with Crippen molar-refractivity contribution in [2.75, 3.05) is 0 Å². The molecule has 9 heteroatoms. The van der Waals surface area contributed by atoms with Crippen molar-refractivity contribution in [1.82, 2.24) is 24.5 Å². The van der Waals surface area contributed by atoms with Gasteiger partial charge in [0.05, 0.1) is 6.54 Å². The van der Waals surface area contributed by atoms with E-state index in [-0.39, 0.29) is 40.3 Å². The number of nitrogens with zero attached hydrogens (tertiary/aromatic N) is 6. The van der Waals surface area contributed by atoms with Crippen LogP contribution in [0.5, 0.6) is 0 Å². The fourth-order valence-electron chi connectivity index (χ4n) is 2.94. The molecule has 0 fully saturated rings. The van der Waals surface area contributed by atoms with Gasteiger partial charge in [-0.05, 0) is 24.6 Å². The van der Waals surface area contributed by atoms with Gasteiger partial charge in [0.2, 0.25) is 0 Å². The predicted octanol–water partition coefficient (Wildman–Crippen LogP) is 1.91. The van der Waals surface area contributed by atoms with Gasteiger partial charge < -0.3 is 9.55 Å². The lowest BCUT2D eigenvalue weighted by Gasteiger charge is -2.07. The maximum atomic E-state index is 13.2. The number of aromatic nitrogens is 5. The molecular weight excluding hydrogens is 349 g/mol. The second-order valence-electron chi connectivity index (χ2n) is 5.88. The molecule has 4 rings (SSSR count). The summed E-state index contributed by atoms with van der Waals surface area (Å²) in [5.74, 6) is 0.0354. The number of rotatable bonds is 2. The first-order valence-corrected chi connectivity index (χ1v) is 7.87. The fraction of sp³-hybridized carbons (Fsp3) is 0.111. The van der Waals surface area contributed by atoms with E-state index in [1.807, 2.05) is 12.1 Å². The quantitative estimate of drug-likeness (QED) is 0.583. The van der Waals surface area contributed by atoms with Gasteiger partial charge >= 0.3 is 0 Å². The minimum Gasteiger partial charge on any atom is -0.310 e. The van der Waals surface area contributed by atoms with Crippen LogP contribution in [0.2, 0.25) is 0 Å². The second-order valence-corrected chi connectivity index (χ2v) is 5.88. The molecule has 1 aromatic carbocycles. The Morgan fingerprint density at radius 3 is 2.41 bits per heavy atom. The van der Waals surface area contributed by atoms with Crippen molar-refractivity contribution < 1.29 is 4.39 Å². The van der Waals surface area contributed by atoms with Gasteiger partial charge in [-0.1, -0.05) is 12.1 Å². The Balaban J connectivity index is 2.11. The van der Waals surface area contributed by atoms with E-state index in [1.54, 1.807) is 23.6 Å². The van der Waals surface area contributed by atoms with Gasteiger partial charge in [-0.15, -0.1) is 0 Å². The van der Waals surface area contributed by atoms with Gasteiger partial charge in [0, 0.05) is 0 Å². The first kappa shape index (κ1) is 16.4. The number of nitrogens with one attached hydrogen (secondary N) is 1. The van der Waals surface area contributed by atoms with Crippen LogP contribution in [0.15, 0.2) is 29.1 Å². The topological polar surface area (TPSA) is 124 Å². The molecule has 0 unspecified atom stereocenters. The van der Waals surface area contributed by atoms with Crippen molar-refractivity contribution in [3.05, 3.63) is 63.2 Å². The number of aryl methyl sites for hydroxylation is 1. The van der Waals surface area contributed by atoms with E-state index in [0.717, 1.165) is 5.56 Å². The van der Waals surface area contributed by atoms with E-state index < -0.39 is 5.56 Å². The Bertz CT molecular complexity index is 1350. The second kappa shape index (κ2) is 6.00. The Labute approximate surface area is 151 Å². The zero-order chi connectivity index (χ0) is 19.1. The first-order chi connectivity index (χ1) is 13.0. The molecule has 1 N–H and O–H groups in total. The highest BCUT2D eigenvalue weighted by molar-refractivity contribution is 6.02. The molecule has 0 aliphatic carbocycles. The zero-order valence-electron chi connectivity index (χ0n) is 14.0. The van der Waals surface area contributed by atoms with Crippen LogP contribution in [-0.4, -0.2) is 24.5 Å². The molecule has 0 aliphatic rings. The van der Waals surface area contributed by atoms with Gasteiger partial charge in [0.25, 0.3) is 5.56 Å². The van der Waals surface area contributed by atoms with Crippen LogP contribution in [0.4, 0.5) is 4.39 Å². The third-order valence-electron chi connectivity index (χ3n) is 4.11. The number of aromatic amines is 1. The third kappa shape index (κ3) is 2.58. The average molecular weight is 359 g/mol. The smallest absolute Gasteiger partial charge is 0.262 e. The SMILES string of the molecule is Cc1nc2c(c(=O)[nH]1)c1nc(C#N)c(C#N)nc1n2Cc1ccc(F)cc1. The third-order valence-corrected chi connectivity index (χ3v) is 4.11. The van der Waals surface area contributed by atoms with Crippen LogP contribution in [0, 0.1) is 35.4 Å². The summed E-state index contributed by atoms with van der Waals surface area (Å²) in [7, 11) is 0. The average Bonchev–Trinajstić information content (AvgIpc) is 2.95. The highest BCUT2D eigenvalue weighted by Gasteiger charge is 2.21. The number of nitriles is 2. The lowest BCUT2D eigenvalue weighted by Crippen LogP contribution is -2.11. The number of hydrogen-bond donors (Lipinski definition) is 1. The molecule has 0 saturated carbocycles. The zero-order valence-corrected chi connectivity index (χ0v) is 14.0. The maximum absolute atomic E-state index is 13.2. The van der Waals surface area contributed by atoms with E-state index in [2.05, 4.69) is 19.9 Å². The Morgan fingerprint density at radius 1 is 1.07 bits per heavy atom. The number of H-pyrrole nitrogens is 1. The van der Waals surface area contributed by atoms with Gasteiger partial charge in [-0.25, -0.2) is 19.3 Å². The molecule has 3 heterocycles. The van der Waals surface area contributed by atoms with Crippen LogP contribution < -0.4 is 5.56 Å². The standard InChI is InChI=1S/C18H10FN7O/c1-9-22-16-14(18(27)23-9)15-17(25-13(7-21)12(6-20)24-15)26(16)8-10-2-4-11(19)5-3-10/h2-5H,8H2,1H3,(H,22,23,27). The number of fused-ring (bicyclic) bond motifs is 3. The van der Waals surface area contributed by atoms with E-state index in [4.69, 9.17) is 0 Å². The van der Waals surface area contributed by atoms with Gasteiger partial charge in [0.15, 0.2) is 22.7 Å². The highest BCUT2D eigenvalue weighted by atomic mass is 19.1. The predicted molar refractivity (Wildman–Crippen MR) is 93.1 cm³/mol. The van der Waals surface area contributed by atoms with Crippen molar-refractivity contribution in [2.45, 2.75) is 13.5 Å². The molecule has 3 aromatic heterocycles. The Kier molecular flexibility index (Phi) is 3.64. The molecule has 27 heavy (non-hydrogen) atoms. The highest BCUT2D eigenvalue weighted by Crippen LogP contribution is 2.24. The molecule has 0 amide bonds. The molecule has 0 atom stereocenters. The Hall–Kier alpha value is -4.11.